The maximum atomic E-state index is 12.2. The lowest BCUT2D eigenvalue weighted by molar-refractivity contribution is 0.340. The molecule has 0 fully saturated rings. The summed E-state index contributed by atoms with van der Waals surface area (Å²) in [4.78, 5) is 19.2. The minimum atomic E-state index is -0.111. The Kier molecular flexibility index (Phi) is 4.65. The van der Waals surface area contributed by atoms with Gasteiger partial charge in [-0.05, 0) is 37.3 Å². The number of nitrogens with one attached hydrogen (secondary N) is 2. The third-order valence-corrected chi connectivity index (χ3v) is 3.63. The van der Waals surface area contributed by atoms with Crippen molar-refractivity contribution in [3.8, 4) is 11.6 Å². The van der Waals surface area contributed by atoms with Crippen LogP contribution < -0.4 is 20.3 Å². The van der Waals surface area contributed by atoms with E-state index in [1.54, 1.807) is 19.4 Å². The number of ether oxygens (including phenoxy) is 2. The quantitative estimate of drug-likeness (QED) is 0.729. The third kappa shape index (κ3) is 3.48. The smallest absolute Gasteiger partial charge is 0.253 e. The summed E-state index contributed by atoms with van der Waals surface area (Å²) in [6, 6.07) is 11.1. The molecule has 0 spiro atoms. The summed E-state index contributed by atoms with van der Waals surface area (Å²) in [5.41, 5.74) is 2.14. The van der Waals surface area contributed by atoms with Crippen molar-refractivity contribution in [1.29, 1.82) is 0 Å². The first-order valence-corrected chi connectivity index (χ1v) is 7.72. The van der Waals surface area contributed by atoms with Gasteiger partial charge in [-0.25, -0.2) is 4.98 Å². The van der Waals surface area contributed by atoms with E-state index in [0.29, 0.717) is 24.6 Å². The second-order valence-electron chi connectivity index (χ2n) is 5.25. The predicted molar refractivity (Wildman–Crippen MR) is 93.9 cm³/mol. The lowest BCUT2D eigenvalue weighted by atomic mass is 10.1. The van der Waals surface area contributed by atoms with E-state index < -0.39 is 0 Å². The molecule has 0 unspecified atom stereocenters. The zero-order valence-electron chi connectivity index (χ0n) is 13.6. The van der Waals surface area contributed by atoms with Crippen LogP contribution in [0.25, 0.3) is 10.9 Å². The molecular formula is C18H19N3O3. The van der Waals surface area contributed by atoms with Gasteiger partial charge < -0.3 is 19.8 Å². The Bertz CT molecular complexity index is 888. The molecule has 3 aromatic rings. The van der Waals surface area contributed by atoms with Gasteiger partial charge in [0.15, 0.2) is 0 Å². The molecular weight excluding hydrogens is 306 g/mol. The number of rotatable bonds is 6. The Morgan fingerprint density at radius 3 is 2.79 bits per heavy atom. The van der Waals surface area contributed by atoms with E-state index in [4.69, 9.17) is 9.47 Å². The van der Waals surface area contributed by atoms with Gasteiger partial charge in [0.05, 0.1) is 25.6 Å². The molecule has 0 aliphatic rings. The van der Waals surface area contributed by atoms with Crippen LogP contribution in [0.4, 0.5) is 5.69 Å². The van der Waals surface area contributed by atoms with Crippen molar-refractivity contribution in [3.05, 3.63) is 58.5 Å². The minimum Gasteiger partial charge on any atom is -0.494 e. The van der Waals surface area contributed by atoms with Gasteiger partial charge >= 0.3 is 0 Å². The van der Waals surface area contributed by atoms with Crippen LogP contribution in [0.1, 0.15) is 12.5 Å². The summed E-state index contributed by atoms with van der Waals surface area (Å²) in [6.07, 6.45) is 1.67. The van der Waals surface area contributed by atoms with Crippen molar-refractivity contribution in [3.63, 3.8) is 0 Å². The molecule has 1 aromatic carbocycles. The Balaban J connectivity index is 1.82. The van der Waals surface area contributed by atoms with Crippen LogP contribution in [0.2, 0.25) is 0 Å². The number of anilines is 1. The van der Waals surface area contributed by atoms with E-state index >= 15 is 0 Å². The molecule has 0 atom stereocenters. The number of aromatic nitrogens is 2. The van der Waals surface area contributed by atoms with Crippen molar-refractivity contribution in [2.75, 3.05) is 19.0 Å². The van der Waals surface area contributed by atoms with E-state index in [-0.39, 0.29) is 5.56 Å². The normalized spacial score (nSPS) is 10.6. The highest BCUT2D eigenvalue weighted by atomic mass is 16.5. The van der Waals surface area contributed by atoms with E-state index in [9.17, 15) is 4.79 Å². The molecule has 2 N–H and O–H groups in total. The lowest BCUT2D eigenvalue weighted by Crippen LogP contribution is -2.15. The second kappa shape index (κ2) is 7.04. The van der Waals surface area contributed by atoms with E-state index in [0.717, 1.165) is 22.3 Å². The third-order valence-electron chi connectivity index (χ3n) is 3.63. The SMILES string of the molecule is CCOc1ccc2[nH]c(=O)c(CNc3ccc(OC)nc3)cc2c1. The van der Waals surface area contributed by atoms with Gasteiger partial charge in [0.1, 0.15) is 5.75 Å². The van der Waals surface area contributed by atoms with Crippen LogP contribution in [0, 0.1) is 0 Å². The largest absolute Gasteiger partial charge is 0.494 e. The lowest BCUT2D eigenvalue weighted by Gasteiger charge is -2.08. The number of methoxy groups -OCH3 is 1. The standard InChI is InChI=1S/C18H19N3O3/c1-3-24-15-5-6-16-12(9-15)8-13(18(22)21-16)10-19-14-4-7-17(23-2)20-11-14/h4-9,11,19H,3,10H2,1-2H3,(H,21,22). The van der Waals surface area contributed by atoms with Crippen LogP contribution in [0.3, 0.4) is 0 Å². The van der Waals surface area contributed by atoms with Gasteiger partial charge in [0, 0.05) is 29.1 Å². The number of fused-ring (bicyclic) bond motifs is 1. The van der Waals surface area contributed by atoms with Crippen molar-refractivity contribution >= 4 is 16.6 Å². The van der Waals surface area contributed by atoms with Crippen LogP contribution in [-0.2, 0) is 6.54 Å². The number of hydrogen-bond donors (Lipinski definition) is 2. The molecule has 0 saturated heterocycles. The molecule has 0 aliphatic heterocycles. The molecule has 2 heterocycles. The number of hydrogen-bond acceptors (Lipinski definition) is 5. The average Bonchev–Trinajstić information content (AvgIpc) is 2.61. The molecule has 0 amide bonds. The number of aromatic amines is 1. The Morgan fingerprint density at radius 1 is 1.21 bits per heavy atom. The molecule has 0 saturated carbocycles. The molecule has 0 bridgehead atoms. The fraction of sp³-hybridized carbons (Fsp3) is 0.222. The van der Waals surface area contributed by atoms with Gasteiger partial charge in [0.2, 0.25) is 5.88 Å². The van der Waals surface area contributed by atoms with Crippen molar-refractivity contribution < 1.29 is 9.47 Å². The zero-order chi connectivity index (χ0) is 16.9. The fourth-order valence-electron chi connectivity index (χ4n) is 2.42. The molecule has 2 aromatic heterocycles. The van der Waals surface area contributed by atoms with Gasteiger partial charge in [0.25, 0.3) is 5.56 Å². The van der Waals surface area contributed by atoms with Gasteiger partial charge in [-0.3, -0.25) is 4.79 Å². The first-order chi connectivity index (χ1) is 11.7. The summed E-state index contributed by atoms with van der Waals surface area (Å²) in [5.74, 6) is 1.34. The Labute approximate surface area is 139 Å². The van der Waals surface area contributed by atoms with Crippen molar-refractivity contribution in [1.82, 2.24) is 9.97 Å². The van der Waals surface area contributed by atoms with Gasteiger partial charge in [-0.2, -0.15) is 0 Å². The van der Waals surface area contributed by atoms with Crippen LogP contribution in [0.5, 0.6) is 11.6 Å². The number of H-pyrrole nitrogens is 1. The van der Waals surface area contributed by atoms with Crippen LogP contribution in [0.15, 0.2) is 47.4 Å². The molecule has 6 heteroatoms. The van der Waals surface area contributed by atoms with Gasteiger partial charge in [-0.15, -0.1) is 0 Å². The second-order valence-corrected chi connectivity index (χ2v) is 5.25. The highest BCUT2D eigenvalue weighted by molar-refractivity contribution is 5.80. The van der Waals surface area contributed by atoms with E-state index in [2.05, 4.69) is 15.3 Å². The summed E-state index contributed by atoms with van der Waals surface area (Å²) in [5, 5.41) is 4.12. The van der Waals surface area contributed by atoms with Crippen LogP contribution >= 0.6 is 0 Å². The van der Waals surface area contributed by atoms with E-state index in [1.165, 1.54) is 0 Å². The molecule has 124 valence electrons. The number of benzene rings is 1. The molecule has 0 radical (unpaired) electrons. The monoisotopic (exact) mass is 325 g/mol. The van der Waals surface area contributed by atoms with Crippen molar-refractivity contribution in [2.24, 2.45) is 0 Å². The Hall–Kier alpha value is -3.02. The van der Waals surface area contributed by atoms with E-state index in [1.807, 2.05) is 37.3 Å². The Morgan fingerprint density at radius 2 is 2.08 bits per heavy atom. The van der Waals surface area contributed by atoms with Gasteiger partial charge in [-0.1, -0.05) is 0 Å². The first-order valence-electron chi connectivity index (χ1n) is 7.72. The summed E-state index contributed by atoms with van der Waals surface area (Å²) in [7, 11) is 1.57. The number of nitrogens with zero attached hydrogens (tertiary/aromatic N) is 1. The minimum absolute atomic E-state index is 0.111. The average molecular weight is 325 g/mol. The molecule has 0 aliphatic carbocycles. The molecule has 6 nitrogen and oxygen atoms in total. The summed E-state index contributed by atoms with van der Waals surface area (Å²) in [6.45, 7) is 2.95. The maximum absolute atomic E-state index is 12.2. The number of pyridine rings is 2. The maximum Gasteiger partial charge on any atom is 0.253 e. The molecule has 24 heavy (non-hydrogen) atoms. The zero-order valence-corrected chi connectivity index (χ0v) is 13.6. The van der Waals surface area contributed by atoms with Crippen molar-refractivity contribution in [2.45, 2.75) is 13.5 Å². The summed E-state index contributed by atoms with van der Waals surface area (Å²) >= 11 is 0. The van der Waals surface area contributed by atoms with Crippen LogP contribution in [-0.4, -0.2) is 23.7 Å². The fourth-order valence-corrected chi connectivity index (χ4v) is 2.42. The first kappa shape index (κ1) is 15.9. The summed E-state index contributed by atoms with van der Waals surface area (Å²) < 4.78 is 10.5. The highest BCUT2D eigenvalue weighted by Crippen LogP contribution is 2.19. The topological polar surface area (TPSA) is 76.2 Å². The predicted octanol–water partition coefficient (Wildman–Crippen LogP) is 2.94. The molecule has 3 rings (SSSR count). The highest BCUT2D eigenvalue weighted by Gasteiger charge is 2.05.